The Hall–Kier alpha value is -1.03. The normalized spacial score (nSPS) is 28.5. The minimum absolute atomic E-state index is 0.784. The summed E-state index contributed by atoms with van der Waals surface area (Å²) in [4.78, 5) is 0. The summed E-state index contributed by atoms with van der Waals surface area (Å²) in [6.45, 7) is 0. The van der Waals surface area contributed by atoms with Gasteiger partial charge in [0.2, 0.25) is 0 Å². The van der Waals surface area contributed by atoms with E-state index in [1.165, 1.54) is 24.8 Å². The fourth-order valence-corrected chi connectivity index (χ4v) is 2.01. The van der Waals surface area contributed by atoms with Crippen LogP contribution in [-0.2, 0) is 0 Å². The van der Waals surface area contributed by atoms with Crippen molar-refractivity contribution in [3.8, 4) is 6.07 Å². The van der Waals surface area contributed by atoms with Crippen LogP contribution < -0.4 is 0 Å². The van der Waals surface area contributed by atoms with Crippen LogP contribution >= 0.6 is 0 Å². The monoisotopic (exact) mass is 145 g/mol. The van der Waals surface area contributed by atoms with Crippen LogP contribution in [0.4, 0.5) is 0 Å². The third-order valence-corrected chi connectivity index (χ3v) is 2.63. The molecule has 2 aliphatic rings. The first kappa shape index (κ1) is 6.67. The van der Waals surface area contributed by atoms with E-state index >= 15 is 0 Å². The molecule has 1 unspecified atom stereocenters. The lowest BCUT2D eigenvalue weighted by molar-refractivity contribution is 0.631. The summed E-state index contributed by atoms with van der Waals surface area (Å²) in [5, 5.41) is 8.65. The van der Waals surface area contributed by atoms with Gasteiger partial charge in [0.1, 0.15) is 0 Å². The smallest absolute Gasteiger partial charge is 0.0988 e. The van der Waals surface area contributed by atoms with Gasteiger partial charge in [0.15, 0.2) is 0 Å². The number of nitrogens with zero attached hydrogens (tertiary/aromatic N) is 1. The van der Waals surface area contributed by atoms with Gasteiger partial charge in [0, 0.05) is 5.57 Å². The number of nitriles is 1. The van der Waals surface area contributed by atoms with Crippen LogP contribution in [0.1, 0.15) is 25.7 Å². The van der Waals surface area contributed by atoms with Gasteiger partial charge in [-0.05, 0) is 37.7 Å². The van der Waals surface area contributed by atoms with Gasteiger partial charge in [-0.3, -0.25) is 0 Å². The van der Waals surface area contributed by atoms with Crippen molar-refractivity contribution in [3.63, 3.8) is 0 Å². The highest BCUT2D eigenvalue weighted by Gasteiger charge is 2.22. The van der Waals surface area contributed by atoms with E-state index in [0.717, 1.165) is 17.9 Å². The van der Waals surface area contributed by atoms with E-state index in [2.05, 4.69) is 18.2 Å². The average molecular weight is 145 g/mol. The molecule has 11 heavy (non-hydrogen) atoms. The second-order valence-electron chi connectivity index (χ2n) is 3.32. The number of hydrogen-bond acceptors (Lipinski definition) is 1. The fraction of sp³-hybridized carbons (Fsp3) is 0.500. The second-order valence-corrected chi connectivity index (χ2v) is 3.32. The number of hydrogen-bond donors (Lipinski definition) is 0. The lowest BCUT2D eigenvalue weighted by Gasteiger charge is -2.13. The Morgan fingerprint density at radius 2 is 2.45 bits per heavy atom. The first-order valence-electron chi connectivity index (χ1n) is 4.21. The summed E-state index contributed by atoms with van der Waals surface area (Å²) < 4.78 is 0. The molecule has 1 saturated carbocycles. The van der Waals surface area contributed by atoms with Crippen molar-refractivity contribution in [2.24, 2.45) is 5.92 Å². The molecule has 0 aliphatic heterocycles. The first-order chi connectivity index (χ1) is 5.40. The molecule has 0 aromatic rings. The zero-order valence-electron chi connectivity index (χ0n) is 6.51. The van der Waals surface area contributed by atoms with Crippen molar-refractivity contribution in [3.05, 3.63) is 23.3 Å². The number of rotatable bonds is 0. The van der Waals surface area contributed by atoms with Crippen molar-refractivity contribution < 1.29 is 0 Å². The summed E-state index contributed by atoms with van der Waals surface area (Å²) in [6, 6.07) is 2.20. The quantitative estimate of drug-likeness (QED) is 0.514. The van der Waals surface area contributed by atoms with Gasteiger partial charge >= 0.3 is 0 Å². The van der Waals surface area contributed by atoms with Crippen molar-refractivity contribution in [1.82, 2.24) is 0 Å². The molecule has 0 radical (unpaired) electrons. The predicted octanol–water partition coefficient (Wildman–Crippen LogP) is 2.57. The molecule has 0 N–H and O–H groups in total. The van der Waals surface area contributed by atoms with Crippen molar-refractivity contribution >= 4 is 0 Å². The van der Waals surface area contributed by atoms with Gasteiger partial charge < -0.3 is 0 Å². The molecule has 0 saturated heterocycles. The van der Waals surface area contributed by atoms with Crippen LogP contribution in [0.25, 0.3) is 0 Å². The maximum Gasteiger partial charge on any atom is 0.0988 e. The van der Waals surface area contributed by atoms with Crippen molar-refractivity contribution in [1.29, 1.82) is 5.26 Å². The second kappa shape index (κ2) is 2.54. The lowest BCUT2D eigenvalue weighted by atomic mass is 9.91. The highest BCUT2D eigenvalue weighted by molar-refractivity contribution is 5.40. The molecule has 0 aromatic heterocycles. The first-order valence-corrected chi connectivity index (χ1v) is 4.21. The summed E-state index contributed by atoms with van der Waals surface area (Å²) >= 11 is 0. The lowest BCUT2D eigenvalue weighted by Crippen LogP contribution is -1.99. The van der Waals surface area contributed by atoms with Gasteiger partial charge in [-0.15, -0.1) is 0 Å². The predicted molar refractivity (Wildman–Crippen MR) is 43.7 cm³/mol. The number of fused-ring (bicyclic) bond motifs is 1. The van der Waals surface area contributed by atoms with E-state index in [9.17, 15) is 0 Å². The Bertz CT molecular complexity index is 265. The van der Waals surface area contributed by atoms with Gasteiger partial charge in [0.05, 0.1) is 6.07 Å². The fourth-order valence-electron chi connectivity index (χ4n) is 2.01. The highest BCUT2D eigenvalue weighted by Crippen LogP contribution is 2.37. The molecule has 56 valence electrons. The Labute approximate surface area is 67.0 Å². The molecule has 1 heteroatoms. The number of allylic oxidation sites excluding steroid dienone is 4. The molecule has 1 atom stereocenters. The molecule has 0 heterocycles. The van der Waals surface area contributed by atoms with E-state index in [0.29, 0.717) is 0 Å². The zero-order valence-corrected chi connectivity index (χ0v) is 6.51. The molecule has 0 amide bonds. The molecule has 1 fully saturated rings. The maximum atomic E-state index is 8.65. The SMILES string of the molecule is N#CC1=CCC2CCCC2=C1. The molecular weight excluding hydrogens is 134 g/mol. The van der Waals surface area contributed by atoms with Crippen LogP contribution in [0.5, 0.6) is 0 Å². The third kappa shape index (κ3) is 1.09. The largest absolute Gasteiger partial charge is 0.192 e. The average Bonchev–Trinajstić information content (AvgIpc) is 2.50. The van der Waals surface area contributed by atoms with Crippen molar-refractivity contribution in [2.75, 3.05) is 0 Å². The summed E-state index contributed by atoms with van der Waals surface area (Å²) in [6.07, 6.45) is 9.14. The highest BCUT2D eigenvalue weighted by atomic mass is 14.3. The van der Waals surface area contributed by atoms with Gasteiger partial charge in [-0.25, -0.2) is 0 Å². The van der Waals surface area contributed by atoms with Gasteiger partial charge in [0.25, 0.3) is 0 Å². The van der Waals surface area contributed by atoms with Crippen LogP contribution in [-0.4, -0.2) is 0 Å². The summed E-state index contributed by atoms with van der Waals surface area (Å²) in [5.41, 5.74) is 2.39. The van der Waals surface area contributed by atoms with Crippen LogP contribution in [0.15, 0.2) is 23.3 Å². The molecular formula is C10H11N. The maximum absolute atomic E-state index is 8.65. The van der Waals surface area contributed by atoms with Crippen LogP contribution in [0.2, 0.25) is 0 Å². The van der Waals surface area contributed by atoms with E-state index in [1.54, 1.807) is 0 Å². The minimum Gasteiger partial charge on any atom is -0.192 e. The third-order valence-electron chi connectivity index (χ3n) is 2.63. The van der Waals surface area contributed by atoms with Crippen molar-refractivity contribution in [2.45, 2.75) is 25.7 Å². The Kier molecular flexibility index (Phi) is 1.54. The zero-order chi connectivity index (χ0) is 7.68. The van der Waals surface area contributed by atoms with E-state index < -0.39 is 0 Å². The molecule has 2 aliphatic carbocycles. The topological polar surface area (TPSA) is 23.8 Å². The summed E-state index contributed by atoms with van der Waals surface area (Å²) in [5.74, 6) is 0.784. The van der Waals surface area contributed by atoms with E-state index in [1.807, 2.05) is 0 Å². The summed E-state index contributed by atoms with van der Waals surface area (Å²) in [7, 11) is 0. The molecule has 0 spiro atoms. The molecule has 2 rings (SSSR count). The van der Waals surface area contributed by atoms with E-state index in [-0.39, 0.29) is 0 Å². The van der Waals surface area contributed by atoms with E-state index in [4.69, 9.17) is 5.26 Å². The molecule has 0 aromatic carbocycles. The Morgan fingerprint density at radius 3 is 3.27 bits per heavy atom. The van der Waals surface area contributed by atoms with Gasteiger partial charge in [-0.1, -0.05) is 11.6 Å². The van der Waals surface area contributed by atoms with Crippen LogP contribution in [0.3, 0.4) is 0 Å². The Balaban J connectivity index is 2.25. The van der Waals surface area contributed by atoms with Crippen LogP contribution in [0, 0.1) is 17.2 Å². The van der Waals surface area contributed by atoms with Gasteiger partial charge in [-0.2, -0.15) is 5.26 Å². The molecule has 1 nitrogen and oxygen atoms in total. The Morgan fingerprint density at radius 1 is 1.55 bits per heavy atom. The standard InChI is InChI=1S/C10H11N/c11-7-8-4-5-9-2-1-3-10(9)6-8/h4,6,9H,1-3,5H2. The minimum atomic E-state index is 0.784. The molecule has 0 bridgehead atoms.